The van der Waals surface area contributed by atoms with Crippen molar-refractivity contribution in [2.45, 2.75) is 51.2 Å². The molecule has 2 unspecified atom stereocenters. The lowest BCUT2D eigenvalue weighted by Crippen LogP contribution is -2.47. The summed E-state index contributed by atoms with van der Waals surface area (Å²) in [5.41, 5.74) is 0.447. The third-order valence-electron chi connectivity index (χ3n) is 7.71. The quantitative estimate of drug-likeness (QED) is 0.626. The molecule has 1 aliphatic heterocycles. The Morgan fingerprint density at radius 1 is 1.12 bits per heavy atom. The van der Waals surface area contributed by atoms with Crippen LogP contribution < -0.4 is 10.2 Å². The van der Waals surface area contributed by atoms with E-state index in [1.165, 1.54) is 36.3 Å². The predicted octanol–water partition coefficient (Wildman–Crippen LogP) is 5.37. The van der Waals surface area contributed by atoms with Crippen LogP contribution in [0, 0.1) is 17.8 Å². The highest BCUT2D eigenvalue weighted by Gasteiger charge is 2.44. The van der Waals surface area contributed by atoms with Gasteiger partial charge in [0, 0.05) is 60.1 Å². The molecule has 1 aromatic carbocycles. The Bertz CT molecular complexity index is 990. The summed E-state index contributed by atoms with van der Waals surface area (Å²) in [7, 11) is 0. The van der Waals surface area contributed by atoms with Gasteiger partial charge in [0.15, 0.2) is 0 Å². The smallest absolute Gasteiger partial charge is 0.368 e. The van der Waals surface area contributed by atoms with E-state index in [-0.39, 0.29) is 11.8 Å². The Hall–Kier alpha value is -1.80. The summed E-state index contributed by atoms with van der Waals surface area (Å²) in [5, 5.41) is 6.17. The molecule has 2 aromatic rings. The number of alkyl halides is 3. The number of piperazine rings is 1. The monoisotopic (exact) mass is 479 g/mol. The van der Waals surface area contributed by atoms with Gasteiger partial charge in [0.2, 0.25) is 5.91 Å². The van der Waals surface area contributed by atoms with Crippen molar-refractivity contribution in [1.29, 1.82) is 0 Å². The largest absolute Gasteiger partial charge is 0.416 e. The first kappa shape index (κ1) is 23.0. The van der Waals surface area contributed by atoms with Crippen molar-refractivity contribution in [2.75, 3.05) is 37.6 Å². The number of thiophene rings is 1. The van der Waals surface area contributed by atoms with Gasteiger partial charge in [0.1, 0.15) is 0 Å². The molecule has 0 spiro atoms. The van der Waals surface area contributed by atoms with Gasteiger partial charge in [-0.25, -0.2) is 0 Å². The van der Waals surface area contributed by atoms with E-state index in [0.29, 0.717) is 16.7 Å². The van der Waals surface area contributed by atoms with E-state index in [0.717, 1.165) is 69.0 Å². The van der Waals surface area contributed by atoms with Gasteiger partial charge in [0.05, 0.1) is 11.3 Å². The summed E-state index contributed by atoms with van der Waals surface area (Å²) in [4.78, 5) is 17.3. The summed E-state index contributed by atoms with van der Waals surface area (Å²) >= 11 is 1.38. The van der Waals surface area contributed by atoms with Gasteiger partial charge in [-0.3, -0.25) is 9.69 Å². The van der Waals surface area contributed by atoms with Gasteiger partial charge in [-0.15, -0.1) is 11.3 Å². The highest BCUT2D eigenvalue weighted by Crippen LogP contribution is 2.41. The fourth-order valence-electron chi connectivity index (χ4n) is 5.42. The van der Waals surface area contributed by atoms with Crippen molar-refractivity contribution in [1.82, 2.24) is 10.2 Å². The summed E-state index contributed by atoms with van der Waals surface area (Å²) < 4.78 is 39.7. The number of carbonyl (C=O) groups is 1. The van der Waals surface area contributed by atoms with Crippen LogP contribution in [-0.2, 0) is 11.0 Å². The second-order valence-electron chi connectivity index (χ2n) is 10.2. The van der Waals surface area contributed by atoms with E-state index >= 15 is 0 Å². The van der Waals surface area contributed by atoms with E-state index in [4.69, 9.17) is 0 Å². The lowest BCUT2D eigenvalue weighted by Gasteiger charge is -2.36. The molecule has 0 bridgehead atoms. The molecule has 1 N–H and O–H groups in total. The van der Waals surface area contributed by atoms with Gasteiger partial charge in [-0.05, 0) is 56.1 Å². The van der Waals surface area contributed by atoms with Gasteiger partial charge in [-0.2, -0.15) is 13.2 Å². The molecule has 8 heteroatoms. The zero-order valence-electron chi connectivity index (χ0n) is 19.0. The second kappa shape index (κ2) is 9.10. The molecular formula is C25H32F3N3OS. The highest BCUT2D eigenvalue weighted by atomic mass is 32.1. The van der Waals surface area contributed by atoms with Crippen molar-refractivity contribution in [3.05, 3.63) is 29.1 Å². The SMILES string of the molecule is CC1CCC(NC(=O)C2CC2CN2CCN(c3csc4cc(C(F)(F)F)ccc34)CC2)CC1. The molecule has 180 valence electrons. The third-order valence-corrected chi connectivity index (χ3v) is 8.64. The standard InChI is InChI=1S/C25H32F3N3OS/c1-16-2-5-19(6-3-16)29-24(32)21-12-17(21)14-30-8-10-31(11-9-30)22-15-33-23-13-18(25(26,27)28)4-7-20(22)23/h4,7,13,15-17,19,21H,2-3,5-6,8-12,14H2,1H3,(H,29,32). The number of hydrogen-bond donors (Lipinski definition) is 1. The van der Waals surface area contributed by atoms with Crippen molar-refractivity contribution in [3.63, 3.8) is 0 Å². The van der Waals surface area contributed by atoms with Crippen LogP contribution >= 0.6 is 11.3 Å². The van der Waals surface area contributed by atoms with Crippen molar-refractivity contribution in [2.24, 2.45) is 17.8 Å². The maximum Gasteiger partial charge on any atom is 0.416 e. The average Bonchev–Trinajstić information content (AvgIpc) is 3.43. The Labute approximate surface area is 197 Å². The fourth-order valence-corrected chi connectivity index (χ4v) is 6.43. The number of fused-ring (bicyclic) bond motifs is 1. The molecule has 33 heavy (non-hydrogen) atoms. The average molecular weight is 480 g/mol. The maximum atomic E-state index is 13.0. The van der Waals surface area contributed by atoms with E-state index in [1.54, 1.807) is 6.07 Å². The molecule has 2 aliphatic carbocycles. The molecule has 3 aliphatic rings. The Morgan fingerprint density at radius 3 is 2.55 bits per heavy atom. The normalized spacial score (nSPS) is 28.8. The molecule has 1 saturated heterocycles. The topological polar surface area (TPSA) is 35.6 Å². The minimum Gasteiger partial charge on any atom is -0.368 e. The van der Waals surface area contributed by atoms with E-state index in [9.17, 15) is 18.0 Å². The van der Waals surface area contributed by atoms with Crippen molar-refractivity contribution >= 4 is 33.0 Å². The molecule has 2 atom stereocenters. The third kappa shape index (κ3) is 5.16. The number of benzene rings is 1. The number of halogens is 3. The summed E-state index contributed by atoms with van der Waals surface area (Å²) in [5.74, 6) is 1.67. The van der Waals surface area contributed by atoms with E-state index in [1.807, 2.05) is 5.38 Å². The predicted molar refractivity (Wildman–Crippen MR) is 127 cm³/mol. The molecule has 1 aromatic heterocycles. The maximum absolute atomic E-state index is 13.0. The lowest BCUT2D eigenvalue weighted by atomic mass is 9.87. The minimum absolute atomic E-state index is 0.172. The first-order chi connectivity index (χ1) is 15.8. The van der Waals surface area contributed by atoms with Gasteiger partial charge >= 0.3 is 6.18 Å². The zero-order chi connectivity index (χ0) is 23.2. The highest BCUT2D eigenvalue weighted by molar-refractivity contribution is 7.17. The van der Waals surface area contributed by atoms with Gasteiger partial charge in [-0.1, -0.05) is 13.0 Å². The van der Waals surface area contributed by atoms with Crippen LogP contribution in [0.25, 0.3) is 10.1 Å². The first-order valence-electron chi connectivity index (χ1n) is 12.1. The number of carbonyl (C=O) groups excluding carboxylic acids is 1. The molecule has 3 fully saturated rings. The van der Waals surface area contributed by atoms with Crippen molar-refractivity contribution < 1.29 is 18.0 Å². The lowest BCUT2D eigenvalue weighted by molar-refractivity contribution is -0.137. The van der Waals surface area contributed by atoms with Crippen LogP contribution in [-0.4, -0.2) is 49.6 Å². The number of rotatable bonds is 5. The molecule has 1 amide bonds. The molecule has 0 radical (unpaired) electrons. The van der Waals surface area contributed by atoms with Gasteiger partial charge < -0.3 is 10.2 Å². The number of nitrogens with one attached hydrogen (secondary N) is 1. The van der Waals surface area contributed by atoms with Crippen LogP contribution in [0.3, 0.4) is 0 Å². The Morgan fingerprint density at radius 2 is 1.85 bits per heavy atom. The van der Waals surface area contributed by atoms with Gasteiger partial charge in [0.25, 0.3) is 0 Å². The molecule has 2 saturated carbocycles. The fraction of sp³-hybridized carbons (Fsp3) is 0.640. The van der Waals surface area contributed by atoms with Crippen LogP contribution in [0.1, 0.15) is 44.6 Å². The molecule has 2 heterocycles. The summed E-state index contributed by atoms with van der Waals surface area (Å²) in [6.45, 7) is 6.81. The summed E-state index contributed by atoms with van der Waals surface area (Å²) in [6, 6.07) is 4.41. The van der Waals surface area contributed by atoms with E-state index < -0.39 is 11.7 Å². The first-order valence-corrected chi connectivity index (χ1v) is 13.0. The minimum atomic E-state index is -4.31. The van der Waals surface area contributed by atoms with E-state index in [2.05, 4.69) is 22.0 Å². The Balaban J connectivity index is 1.10. The van der Waals surface area contributed by atoms with Crippen LogP contribution in [0.4, 0.5) is 18.9 Å². The number of nitrogens with zero attached hydrogens (tertiary/aromatic N) is 2. The molecular weight excluding hydrogens is 447 g/mol. The zero-order valence-corrected chi connectivity index (χ0v) is 19.9. The van der Waals surface area contributed by atoms with Crippen LogP contribution in [0.5, 0.6) is 0 Å². The van der Waals surface area contributed by atoms with Crippen LogP contribution in [0.2, 0.25) is 0 Å². The molecule has 5 rings (SSSR count). The second-order valence-corrected chi connectivity index (χ2v) is 11.1. The number of anilines is 1. The number of hydrogen-bond acceptors (Lipinski definition) is 4. The Kier molecular flexibility index (Phi) is 6.33. The summed E-state index contributed by atoms with van der Waals surface area (Å²) in [6.07, 6.45) is 1.34. The molecule has 4 nitrogen and oxygen atoms in total. The van der Waals surface area contributed by atoms with Crippen molar-refractivity contribution in [3.8, 4) is 0 Å². The number of amides is 1. The van der Waals surface area contributed by atoms with Crippen LogP contribution in [0.15, 0.2) is 23.6 Å².